The summed E-state index contributed by atoms with van der Waals surface area (Å²) in [6.45, 7) is 7.00. The average Bonchev–Trinajstić information content (AvgIpc) is 3.46. The van der Waals surface area contributed by atoms with Gasteiger partial charge in [0.05, 0.1) is 6.61 Å². The van der Waals surface area contributed by atoms with Crippen molar-refractivity contribution in [1.82, 2.24) is 20.0 Å². The molecule has 7 nitrogen and oxygen atoms in total. The summed E-state index contributed by atoms with van der Waals surface area (Å²) in [5.74, 6) is 3.43. The second kappa shape index (κ2) is 10.6. The number of likely N-dealkylation sites (N-methyl/N-ethyl adjacent to an activating group) is 1. The molecule has 2 bridgehead atoms. The number of guanidine groups is 1. The maximum atomic E-state index is 12.0. The Morgan fingerprint density at radius 3 is 2.52 bits per heavy atom. The fourth-order valence-corrected chi connectivity index (χ4v) is 5.46. The molecule has 4 unspecified atom stereocenters. The number of nitrogens with one attached hydrogen (secondary N) is 1. The van der Waals surface area contributed by atoms with E-state index < -0.39 is 0 Å². The number of ether oxygens (including phenoxy) is 1. The minimum atomic E-state index is 0. The summed E-state index contributed by atoms with van der Waals surface area (Å²) in [5.41, 5.74) is 0. The van der Waals surface area contributed by atoms with Crippen LogP contribution in [-0.2, 0) is 9.53 Å². The van der Waals surface area contributed by atoms with Gasteiger partial charge in [-0.2, -0.15) is 0 Å². The molecule has 0 radical (unpaired) electrons. The molecule has 2 aliphatic carbocycles. The molecule has 4 rings (SSSR count). The molecular formula is C21H38IN5O2. The normalized spacial score (nSPS) is 32.3. The number of fused-ring (bicyclic) bond motifs is 2. The highest BCUT2D eigenvalue weighted by Crippen LogP contribution is 2.46. The van der Waals surface area contributed by atoms with E-state index in [1.165, 1.54) is 25.7 Å². The molecule has 29 heavy (non-hydrogen) atoms. The molecule has 166 valence electrons. The highest BCUT2D eigenvalue weighted by Gasteiger charge is 2.42. The molecule has 2 heterocycles. The van der Waals surface area contributed by atoms with E-state index in [0.717, 1.165) is 76.2 Å². The summed E-state index contributed by atoms with van der Waals surface area (Å²) >= 11 is 0. The molecule has 0 aromatic carbocycles. The van der Waals surface area contributed by atoms with Crippen LogP contribution in [-0.4, -0.2) is 99.2 Å². The molecule has 2 saturated carbocycles. The van der Waals surface area contributed by atoms with Crippen molar-refractivity contribution in [3.8, 4) is 0 Å². The molecule has 0 aromatic heterocycles. The largest absolute Gasteiger partial charge is 0.381 e. The Morgan fingerprint density at radius 1 is 1.14 bits per heavy atom. The molecule has 2 saturated heterocycles. The number of hydrogen-bond acceptors (Lipinski definition) is 4. The van der Waals surface area contributed by atoms with Gasteiger partial charge in [0.1, 0.15) is 6.54 Å². The monoisotopic (exact) mass is 519 g/mol. The van der Waals surface area contributed by atoms with Crippen molar-refractivity contribution in [2.24, 2.45) is 22.7 Å². The average molecular weight is 519 g/mol. The Labute approximate surface area is 192 Å². The number of amides is 1. The van der Waals surface area contributed by atoms with Crippen LogP contribution in [0.15, 0.2) is 4.99 Å². The van der Waals surface area contributed by atoms with E-state index in [1.54, 1.807) is 19.0 Å². The third-order valence-electron chi connectivity index (χ3n) is 7.22. The van der Waals surface area contributed by atoms with Crippen molar-refractivity contribution in [3.63, 3.8) is 0 Å². The molecule has 0 spiro atoms. The number of carbonyl (C=O) groups excluding carboxylic acids is 1. The minimum Gasteiger partial charge on any atom is -0.381 e. The van der Waals surface area contributed by atoms with Crippen LogP contribution in [0, 0.1) is 17.8 Å². The van der Waals surface area contributed by atoms with Crippen molar-refractivity contribution in [2.45, 2.75) is 38.1 Å². The van der Waals surface area contributed by atoms with Crippen LogP contribution < -0.4 is 5.32 Å². The van der Waals surface area contributed by atoms with Crippen molar-refractivity contribution < 1.29 is 9.53 Å². The zero-order valence-electron chi connectivity index (χ0n) is 18.0. The van der Waals surface area contributed by atoms with E-state index in [0.29, 0.717) is 5.92 Å². The molecule has 2 aliphatic heterocycles. The van der Waals surface area contributed by atoms with Crippen molar-refractivity contribution in [1.29, 1.82) is 0 Å². The first-order chi connectivity index (χ1) is 13.6. The van der Waals surface area contributed by atoms with E-state index in [4.69, 9.17) is 4.74 Å². The minimum absolute atomic E-state index is 0. The number of halogens is 1. The fraction of sp³-hybridized carbons (Fsp3) is 0.905. The maximum Gasteiger partial charge on any atom is 0.243 e. The zero-order valence-corrected chi connectivity index (χ0v) is 20.3. The lowest BCUT2D eigenvalue weighted by atomic mass is 9.93. The van der Waals surface area contributed by atoms with Crippen LogP contribution in [0.2, 0.25) is 0 Å². The summed E-state index contributed by atoms with van der Waals surface area (Å²) in [4.78, 5) is 23.4. The number of carbonyl (C=O) groups is 1. The Balaban J connectivity index is 0.00000240. The van der Waals surface area contributed by atoms with Crippen LogP contribution in [0.1, 0.15) is 32.1 Å². The van der Waals surface area contributed by atoms with E-state index in [1.807, 2.05) is 0 Å². The SMILES string of the molecule is CN(C)C(=O)CN=C(NCC1CCOC1)N1CCN(C2CC3CCC2C3)CC1.I. The standard InChI is InChI=1S/C21H37N5O2.HI/c1-24(2)20(27)14-23-21(22-13-17-5-10-28-15-17)26-8-6-25(7-9-26)19-12-16-3-4-18(19)11-16;/h16-19H,3-15H2,1-2H3,(H,22,23);1H. The molecule has 1 N–H and O–H groups in total. The number of piperazine rings is 1. The maximum absolute atomic E-state index is 12.0. The number of rotatable bonds is 5. The summed E-state index contributed by atoms with van der Waals surface area (Å²) in [7, 11) is 3.57. The van der Waals surface area contributed by atoms with Gasteiger partial charge in [0.15, 0.2) is 5.96 Å². The summed E-state index contributed by atoms with van der Waals surface area (Å²) in [6, 6.07) is 0.820. The second-order valence-corrected chi connectivity index (χ2v) is 9.30. The van der Waals surface area contributed by atoms with Crippen LogP contribution in [0.5, 0.6) is 0 Å². The quantitative estimate of drug-likeness (QED) is 0.339. The van der Waals surface area contributed by atoms with Gasteiger partial charge in [-0.3, -0.25) is 9.69 Å². The Bertz CT molecular complexity index is 573. The third kappa shape index (κ3) is 5.76. The second-order valence-electron chi connectivity index (χ2n) is 9.30. The molecule has 1 amide bonds. The number of nitrogens with zero attached hydrogens (tertiary/aromatic N) is 4. The van der Waals surface area contributed by atoms with Crippen LogP contribution in [0.4, 0.5) is 0 Å². The van der Waals surface area contributed by atoms with Gasteiger partial charge in [0, 0.05) is 65.4 Å². The highest BCUT2D eigenvalue weighted by atomic mass is 127. The Morgan fingerprint density at radius 2 is 1.93 bits per heavy atom. The van der Waals surface area contributed by atoms with Gasteiger partial charge < -0.3 is 19.9 Å². The van der Waals surface area contributed by atoms with Gasteiger partial charge in [-0.15, -0.1) is 24.0 Å². The fourth-order valence-electron chi connectivity index (χ4n) is 5.46. The van der Waals surface area contributed by atoms with Crippen molar-refractivity contribution in [3.05, 3.63) is 0 Å². The van der Waals surface area contributed by atoms with E-state index in [2.05, 4.69) is 20.1 Å². The molecule has 0 aromatic rings. The lowest BCUT2D eigenvalue weighted by Crippen LogP contribution is -2.56. The first-order valence-electron chi connectivity index (χ1n) is 11.2. The smallest absolute Gasteiger partial charge is 0.243 e. The van der Waals surface area contributed by atoms with Gasteiger partial charge in [-0.25, -0.2) is 4.99 Å². The lowest BCUT2D eigenvalue weighted by molar-refractivity contribution is -0.127. The summed E-state index contributed by atoms with van der Waals surface area (Å²) in [5, 5.41) is 3.54. The van der Waals surface area contributed by atoms with E-state index >= 15 is 0 Å². The van der Waals surface area contributed by atoms with Crippen LogP contribution in [0.25, 0.3) is 0 Å². The summed E-state index contributed by atoms with van der Waals surface area (Å²) in [6.07, 6.45) is 6.90. The van der Waals surface area contributed by atoms with Crippen molar-refractivity contribution >= 4 is 35.8 Å². The molecule has 4 aliphatic rings. The Kier molecular flexibility index (Phi) is 8.44. The van der Waals surface area contributed by atoms with E-state index in [-0.39, 0.29) is 36.4 Å². The van der Waals surface area contributed by atoms with Gasteiger partial charge in [-0.1, -0.05) is 6.42 Å². The lowest BCUT2D eigenvalue weighted by Gasteiger charge is -2.42. The number of hydrogen-bond donors (Lipinski definition) is 1. The van der Waals surface area contributed by atoms with Gasteiger partial charge in [-0.05, 0) is 37.5 Å². The Hall–Kier alpha value is -0.610. The molecule has 4 fully saturated rings. The van der Waals surface area contributed by atoms with Gasteiger partial charge in [0.25, 0.3) is 0 Å². The first kappa shape index (κ1) is 23.1. The highest BCUT2D eigenvalue weighted by molar-refractivity contribution is 14.0. The molecule has 4 atom stereocenters. The van der Waals surface area contributed by atoms with Crippen molar-refractivity contribution in [2.75, 3.05) is 66.6 Å². The molecular weight excluding hydrogens is 481 g/mol. The topological polar surface area (TPSA) is 60.4 Å². The van der Waals surface area contributed by atoms with Crippen LogP contribution in [0.3, 0.4) is 0 Å². The predicted molar refractivity (Wildman–Crippen MR) is 126 cm³/mol. The predicted octanol–water partition coefficient (Wildman–Crippen LogP) is 1.48. The first-order valence-corrected chi connectivity index (χ1v) is 11.2. The number of aliphatic imine (C=N–C) groups is 1. The third-order valence-corrected chi connectivity index (χ3v) is 7.22. The van der Waals surface area contributed by atoms with Gasteiger partial charge in [0.2, 0.25) is 5.91 Å². The zero-order chi connectivity index (χ0) is 19.5. The van der Waals surface area contributed by atoms with Crippen LogP contribution >= 0.6 is 24.0 Å². The summed E-state index contributed by atoms with van der Waals surface area (Å²) < 4.78 is 5.50. The van der Waals surface area contributed by atoms with Gasteiger partial charge >= 0.3 is 0 Å². The van der Waals surface area contributed by atoms with E-state index in [9.17, 15) is 4.79 Å². The molecule has 8 heteroatoms.